The number of alkyl halides is 2. The van der Waals surface area contributed by atoms with Gasteiger partial charge in [0.15, 0.2) is 0 Å². The molecule has 1 aliphatic heterocycles. The van der Waals surface area contributed by atoms with Crippen molar-refractivity contribution in [3.8, 4) is 11.1 Å². The van der Waals surface area contributed by atoms with Gasteiger partial charge < -0.3 is 15.0 Å². The molecule has 1 aromatic carbocycles. The maximum absolute atomic E-state index is 13.5. The molecule has 1 saturated heterocycles. The predicted molar refractivity (Wildman–Crippen MR) is 97.5 cm³/mol. The van der Waals surface area contributed by atoms with Gasteiger partial charge in [0.2, 0.25) is 0 Å². The van der Waals surface area contributed by atoms with Crippen molar-refractivity contribution in [3.63, 3.8) is 0 Å². The second-order valence-corrected chi connectivity index (χ2v) is 7.32. The van der Waals surface area contributed by atoms with Crippen LogP contribution in [0.25, 0.3) is 11.1 Å². The van der Waals surface area contributed by atoms with Crippen LogP contribution in [0.2, 0.25) is 0 Å². The molecule has 2 aliphatic rings. The van der Waals surface area contributed by atoms with Crippen LogP contribution in [-0.4, -0.2) is 41.2 Å². The van der Waals surface area contributed by atoms with E-state index >= 15 is 0 Å². The van der Waals surface area contributed by atoms with E-state index in [-0.39, 0.29) is 18.0 Å². The topological polar surface area (TPSA) is 54.5 Å². The fourth-order valence-corrected chi connectivity index (χ4v) is 4.22. The lowest BCUT2D eigenvalue weighted by Gasteiger charge is -2.31. The largest absolute Gasteiger partial charge is 0.345 e. The van der Waals surface area contributed by atoms with Gasteiger partial charge in [-0.15, -0.1) is 0 Å². The number of rotatable bonds is 4. The van der Waals surface area contributed by atoms with E-state index in [9.17, 15) is 18.0 Å². The van der Waals surface area contributed by atoms with Gasteiger partial charge >= 0.3 is 12.6 Å². The van der Waals surface area contributed by atoms with E-state index < -0.39 is 18.5 Å². The molecule has 1 saturated carbocycles. The third-order valence-corrected chi connectivity index (χ3v) is 5.52. The molecule has 3 atom stereocenters. The second-order valence-electron chi connectivity index (χ2n) is 7.32. The summed E-state index contributed by atoms with van der Waals surface area (Å²) in [7, 11) is 0. The molecule has 2 amide bonds. The van der Waals surface area contributed by atoms with Gasteiger partial charge in [0, 0.05) is 36.0 Å². The van der Waals surface area contributed by atoms with Gasteiger partial charge in [-0.3, -0.25) is 4.98 Å². The molecule has 1 aliphatic carbocycles. The van der Waals surface area contributed by atoms with Gasteiger partial charge in [-0.1, -0.05) is 6.07 Å². The number of aryl methyl sites for hydroxylation is 1. The molecular weight excluding hydrogens is 371 g/mol. The minimum absolute atomic E-state index is 0.0586. The van der Waals surface area contributed by atoms with Crippen LogP contribution in [0.3, 0.4) is 0 Å². The Labute approximate surface area is 160 Å². The summed E-state index contributed by atoms with van der Waals surface area (Å²) < 4.78 is 43.0. The molecule has 1 unspecified atom stereocenters. The number of amides is 2. The maximum Gasteiger partial charge on any atom is 0.345 e. The van der Waals surface area contributed by atoms with Crippen molar-refractivity contribution in [1.29, 1.82) is 0 Å². The van der Waals surface area contributed by atoms with Crippen molar-refractivity contribution in [2.45, 2.75) is 38.5 Å². The highest BCUT2D eigenvalue weighted by molar-refractivity contribution is 5.91. The Morgan fingerprint density at radius 1 is 1.29 bits per heavy atom. The molecule has 1 aromatic heterocycles. The Kier molecular flexibility index (Phi) is 4.97. The number of carbonyl (C=O) groups excluding carboxylic acids is 1. The molecule has 8 heteroatoms. The number of nitrogens with one attached hydrogen (secondary N) is 1. The molecular formula is C20H20F3N3O2. The number of carbonyl (C=O) groups is 1. The first-order valence-corrected chi connectivity index (χ1v) is 9.13. The summed E-state index contributed by atoms with van der Waals surface area (Å²) in [5, 5.41) is 2.86. The number of likely N-dealkylation sites (tertiary alicyclic amines) is 1. The number of hydrogen-bond donors (Lipinski definition) is 1. The van der Waals surface area contributed by atoms with Crippen LogP contribution in [-0.2, 0) is 4.74 Å². The number of ether oxygens (including phenoxy) is 1. The number of benzene rings is 1. The number of fused-ring (bicyclic) bond motifs is 2. The summed E-state index contributed by atoms with van der Waals surface area (Å²) >= 11 is 0. The number of pyridine rings is 1. The van der Waals surface area contributed by atoms with Crippen LogP contribution >= 0.6 is 0 Å². The van der Waals surface area contributed by atoms with E-state index in [1.807, 2.05) is 13.0 Å². The summed E-state index contributed by atoms with van der Waals surface area (Å²) in [6.07, 6.45) is 3.33. The van der Waals surface area contributed by atoms with Crippen molar-refractivity contribution in [1.82, 2.24) is 9.88 Å². The van der Waals surface area contributed by atoms with E-state index in [0.29, 0.717) is 30.6 Å². The monoisotopic (exact) mass is 391 g/mol. The highest BCUT2D eigenvalue weighted by Gasteiger charge is 2.47. The molecule has 2 heterocycles. The van der Waals surface area contributed by atoms with Gasteiger partial charge in [0.1, 0.15) is 5.82 Å². The summed E-state index contributed by atoms with van der Waals surface area (Å²) in [5.74, 6) is -0.489. The van der Waals surface area contributed by atoms with E-state index in [1.54, 1.807) is 23.2 Å². The third-order valence-electron chi connectivity index (χ3n) is 5.52. The summed E-state index contributed by atoms with van der Waals surface area (Å²) in [6.45, 7) is -0.482. The van der Waals surface area contributed by atoms with Crippen molar-refractivity contribution >= 4 is 11.7 Å². The van der Waals surface area contributed by atoms with Crippen molar-refractivity contribution in [2.24, 2.45) is 5.92 Å². The molecule has 1 N–H and O–H groups in total. The lowest BCUT2D eigenvalue weighted by atomic mass is 10.0. The number of nitrogens with zero attached hydrogens (tertiary/aromatic N) is 2. The van der Waals surface area contributed by atoms with Gasteiger partial charge in [0.25, 0.3) is 0 Å². The number of hydrogen-bond acceptors (Lipinski definition) is 3. The molecule has 4 rings (SSSR count). The Bertz CT molecular complexity index is 893. The number of halogens is 3. The smallest absolute Gasteiger partial charge is 0.321 e. The lowest BCUT2D eigenvalue weighted by molar-refractivity contribution is -0.175. The Morgan fingerprint density at radius 3 is 2.79 bits per heavy atom. The van der Waals surface area contributed by atoms with Crippen molar-refractivity contribution < 1.29 is 22.7 Å². The van der Waals surface area contributed by atoms with Gasteiger partial charge in [0.05, 0.1) is 12.3 Å². The van der Waals surface area contributed by atoms with Crippen LogP contribution in [0.1, 0.15) is 18.4 Å². The first-order valence-electron chi connectivity index (χ1n) is 9.13. The second kappa shape index (κ2) is 7.43. The number of aromatic nitrogens is 1. The fourth-order valence-electron chi connectivity index (χ4n) is 4.22. The number of anilines is 1. The number of piperidine rings is 1. The minimum atomic E-state index is -2.78. The van der Waals surface area contributed by atoms with Crippen molar-refractivity contribution in [3.05, 3.63) is 48.0 Å². The molecule has 0 radical (unpaired) electrons. The quantitative estimate of drug-likeness (QED) is 0.839. The zero-order chi connectivity index (χ0) is 19.8. The standard InChI is InChI=1S/C20H20F3N3O2/c1-11-2-3-15(6-17(11)12-4-14(21)9-24-8-12)25-20(27)26-10-13-5-16(26)7-18(13)28-19(22)23/h2-4,6,8-9,13,16,18-19H,5,7,10H2,1H3,(H,25,27)/t13?,16-,18+/m0/s1. The molecule has 0 spiro atoms. The van der Waals surface area contributed by atoms with Crippen LogP contribution in [0.5, 0.6) is 0 Å². The average molecular weight is 391 g/mol. The highest BCUT2D eigenvalue weighted by Crippen LogP contribution is 2.40. The molecule has 5 nitrogen and oxygen atoms in total. The molecule has 2 bridgehead atoms. The van der Waals surface area contributed by atoms with Gasteiger partial charge in [-0.2, -0.15) is 8.78 Å². The highest BCUT2D eigenvalue weighted by atomic mass is 19.3. The van der Waals surface area contributed by atoms with Crippen LogP contribution in [0.15, 0.2) is 36.7 Å². The fraction of sp³-hybridized carbons (Fsp3) is 0.400. The van der Waals surface area contributed by atoms with E-state index in [0.717, 1.165) is 17.3 Å². The molecule has 2 aromatic rings. The van der Waals surface area contributed by atoms with E-state index in [4.69, 9.17) is 0 Å². The Morgan fingerprint density at radius 2 is 2.11 bits per heavy atom. The molecule has 28 heavy (non-hydrogen) atoms. The van der Waals surface area contributed by atoms with Crippen molar-refractivity contribution in [2.75, 3.05) is 11.9 Å². The maximum atomic E-state index is 13.5. The van der Waals surface area contributed by atoms with E-state index in [1.165, 1.54) is 6.07 Å². The average Bonchev–Trinajstić information content (AvgIpc) is 3.23. The third kappa shape index (κ3) is 3.69. The predicted octanol–water partition coefficient (Wildman–Crippen LogP) is 4.43. The first kappa shape index (κ1) is 18.7. The molecule has 2 fully saturated rings. The zero-order valence-electron chi connectivity index (χ0n) is 15.2. The summed E-state index contributed by atoms with van der Waals surface area (Å²) in [4.78, 5) is 18.2. The van der Waals surface area contributed by atoms with Gasteiger partial charge in [-0.05, 0) is 49.1 Å². The van der Waals surface area contributed by atoms with Crippen LogP contribution in [0.4, 0.5) is 23.7 Å². The normalized spacial score (nSPS) is 23.5. The van der Waals surface area contributed by atoms with E-state index in [2.05, 4.69) is 15.0 Å². The first-order chi connectivity index (χ1) is 13.4. The number of urea groups is 1. The Balaban J connectivity index is 1.46. The lowest BCUT2D eigenvalue weighted by Crippen LogP contribution is -2.44. The SMILES string of the molecule is Cc1ccc(NC(=O)N2CC3C[C@H]2C[C@H]3OC(F)F)cc1-c1cncc(F)c1. The summed E-state index contributed by atoms with van der Waals surface area (Å²) in [5.41, 5.74) is 2.91. The van der Waals surface area contributed by atoms with Crippen LogP contribution < -0.4 is 5.32 Å². The van der Waals surface area contributed by atoms with Gasteiger partial charge in [-0.25, -0.2) is 9.18 Å². The summed E-state index contributed by atoms with van der Waals surface area (Å²) in [6, 6.07) is 6.43. The van der Waals surface area contributed by atoms with Crippen LogP contribution in [0, 0.1) is 18.7 Å². The Hall–Kier alpha value is -2.61. The zero-order valence-corrected chi connectivity index (χ0v) is 15.2. The minimum Gasteiger partial charge on any atom is -0.321 e. The molecule has 148 valence electrons.